The van der Waals surface area contributed by atoms with Crippen molar-refractivity contribution in [2.24, 2.45) is 17.8 Å². The van der Waals surface area contributed by atoms with E-state index in [2.05, 4.69) is 24.1 Å². The van der Waals surface area contributed by atoms with Gasteiger partial charge in [0.05, 0.1) is 6.26 Å². The van der Waals surface area contributed by atoms with Gasteiger partial charge in [-0.3, -0.25) is 4.79 Å². The Hall–Kier alpha value is -1.76. The topological polar surface area (TPSA) is 75.7 Å². The number of nitrogens with zero attached hydrogens (tertiary/aromatic N) is 1. The molecule has 2 aliphatic carbocycles. The monoisotopic (exact) mass is 432 g/mol. The molecule has 4 bridgehead atoms. The molecule has 0 spiro atoms. The zero-order valence-electron chi connectivity index (χ0n) is 18.0. The minimum absolute atomic E-state index is 0.144. The molecule has 30 heavy (non-hydrogen) atoms. The highest BCUT2D eigenvalue weighted by molar-refractivity contribution is 7.86. The Morgan fingerprint density at radius 1 is 1.17 bits per heavy atom. The summed E-state index contributed by atoms with van der Waals surface area (Å²) in [5, 5.41) is 3.49. The second-order valence-corrected chi connectivity index (χ2v) is 11.8. The van der Waals surface area contributed by atoms with Gasteiger partial charge in [0.1, 0.15) is 5.75 Å². The number of hydrogen-bond donors (Lipinski definition) is 1. The van der Waals surface area contributed by atoms with Crippen molar-refractivity contribution < 1.29 is 17.4 Å². The molecular weight excluding hydrogens is 400 g/mol. The van der Waals surface area contributed by atoms with E-state index in [1.165, 1.54) is 32.1 Å². The molecule has 6 nitrogen and oxygen atoms in total. The summed E-state index contributed by atoms with van der Waals surface area (Å²) in [7, 11) is -3.57. The van der Waals surface area contributed by atoms with Gasteiger partial charge in [0.2, 0.25) is 5.91 Å². The lowest BCUT2D eigenvalue weighted by molar-refractivity contribution is -0.150. The van der Waals surface area contributed by atoms with Gasteiger partial charge in [0.25, 0.3) is 0 Å². The fourth-order valence-electron chi connectivity index (χ4n) is 7.03. The first-order valence-electron chi connectivity index (χ1n) is 11.3. The van der Waals surface area contributed by atoms with Crippen LogP contribution in [0.3, 0.4) is 0 Å². The van der Waals surface area contributed by atoms with Crippen LogP contribution in [0.1, 0.15) is 63.9 Å². The summed E-state index contributed by atoms with van der Waals surface area (Å²) in [4.78, 5) is 15.6. The Morgan fingerprint density at radius 2 is 1.80 bits per heavy atom. The number of carbonyl (C=O) groups excluding carboxylic acids is 1. The lowest BCUT2D eigenvalue weighted by Gasteiger charge is -2.56. The lowest BCUT2D eigenvalue weighted by Crippen LogP contribution is -2.60. The minimum Gasteiger partial charge on any atom is -0.383 e. The average molecular weight is 433 g/mol. The van der Waals surface area contributed by atoms with E-state index in [-0.39, 0.29) is 17.9 Å². The van der Waals surface area contributed by atoms with Gasteiger partial charge < -0.3 is 14.4 Å². The molecule has 3 unspecified atom stereocenters. The summed E-state index contributed by atoms with van der Waals surface area (Å²) in [6, 6.07) is 6.48. The van der Waals surface area contributed by atoms with Crippen molar-refractivity contribution >= 4 is 21.7 Å². The third-order valence-electron chi connectivity index (χ3n) is 7.82. The maximum atomic E-state index is 13.4. The largest absolute Gasteiger partial charge is 0.383 e. The average Bonchev–Trinajstić information content (AvgIpc) is 2.94. The molecule has 6 rings (SSSR count). The van der Waals surface area contributed by atoms with Gasteiger partial charge in [-0.1, -0.05) is 6.92 Å². The van der Waals surface area contributed by atoms with Crippen LogP contribution in [0.2, 0.25) is 0 Å². The van der Waals surface area contributed by atoms with Crippen LogP contribution in [0.4, 0.5) is 5.69 Å². The standard InChI is InChI=1S/C23H32N2O4S/c1-13(6-22(26)25-17-8-15-7-16(10-17)11-18(25)9-15)23-14(2)24-21-5-4-19(12-20(21)23)29-30(3,27)28/h4-5,12-18,23-24H,6-11H2,1-3H3. The van der Waals surface area contributed by atoms with Gasteiger partial charge in [-0.15, -0.1) is 0 Å². The highest BCUT2D eigenvalue weighted by Gasteiger charge is 2.49. The van der Waals surface area contributed by atoms with E-state index in [4.69, 9.17) is 4.18 Å². The van der Waals surface area contributed by atoms with E-state index in [0.717, 1.165) is 29.3 Å². The number of amides is 1. The van der Waals surface area contributed by atoms with Crippen molar-refractivity contribution in [3.05, 3.63) is 23.8 Å². The molecule has 1 amide bonds. The summed E-state index contributed by atoms with van der Waals surface area (Å²) in [6.45, 7) is 4.28. The molecule has 5 aliphatic rings. The van der Waals surface area contributed by atoms with Crippen LogP contribution in [-0.2, 0) is 14.9 Å². The van der Waals surface area contributed by atoms with Crippen molar-refractivity contribution in [2.45, 2.75) is 76.4 Å². The molecule has 2 saturated heterocycles. The second-order valence-electron chi connectivity index (χ2n) is 10.2. The molecular formula is C23H32N2O4S. The van der Waals surface area contributed by atoms with Crippen LogP contribution >= 0.6 is 0 Å². The van der Waals surface area contributed by atoms with Gasteiger partial charge in [0.15, 0.2) is 0 Å². The van der Waals surface area contributed by atoms with Gasteiger partial charge in [0, 0.05) is 36.2 Å². The van der Waals surface area contributed by atoms with Crippen LogP contribution in [0.5, 0.6) is 5.75 Å². The Kier molecular flexibility index (Phi) is 4.80. The molecule has 3 atom stereocenters. The summed E-state index contributed by atoms with van der Waals surface area (Å²) >= 11 is 0. The smallest absolute Gasteiger partial charge is 0.306 e. The number of rotatable bonds is 5. The van der Waals surface area contributed by atoms with Crippen molar-refractivity contribution in [2.75, 3.05) is 11.6 Å². The number of fused-ring (bicyclic) bond motifs is 1. The molecule has 3 aliphatic heterocycles. The first-order valence-corrected chi connectivity index (χ1v) is 13.1. The van der Waals surface area contributed by atoms with Crippen LogP contribution in [-0.4, -0.2) is 43.6 Å². The van der Waals surface area contributed by atoms with Gasteiger partial charge in [-0.2, -0.15) is 8.42 Å². The van der Waals surface area contributed by atoms with Gasteiger partial charge in [-0.05, 0) is 80.5 Å². The van der Waals surface area contributed by atoms with E-state index >= 15 is 0 Å². The van der Waals surface area contributed by atoms with Gasteiger partial charge in [-0.25, -0.2) is 0 Å². The summed E-state index contributed by atoms with van der Waals surface area (Å²) in [5.74, 6) is 2.62. The van der Waals surface area contributed by atoms with E-state index < -0.39 is 10.1 Å². The number of piperidine rings is 2. The first kappa shape index (κ1) is 20.2. The molecule has 164 valence electrons. The number of nitrogens with one attached hydrogen (secondary N) is 1. The molecule has 2 saturated carbocycles. The fourth-order valence-corrected chi connectivity index (χ4v) is 7.48. The Morgan fingerprint density at radius 3 is 2.40 bits per heavy atom. The SMILES string of the molecule is CC(CC(=O)N1C2CC3CC(C2)CC1C3)C1c2cc(OS(C)(=O)=O)ccc2NC1C. The lowest BCUT2D eigenvalue weighted by atomic mass is 9.63. The first-order chi connectivity index (χ1) is 14.2. The minimum atomic E-state index is -3.57. The quantitative estimate of drug-likeness (QED) is 0.718. The van der Waals surface area contributed by atoms with Crippen LogP contribution < -0.4 is 9.50 Å². The molecule has 7 heteroatoms. The third-order valence-corrected chi connectivity index (χ3v) is 8.32. The van der Waals surface area contributed by atoms with Crippen LogP contribution in [0, 0.1) is 17.8 Å². The molecule has 0 aromatic heterocycles. The predicted molar refractivity (Wildman–Crippen MR) is 116 cm³/mol. The number of anilines is 1. The Labute approximate surface area is 179 Å². The Bertz CT molecular complexity index is 932. The summed E-state index contributed by atoms with van der Waals surface area (Å²) in [6.07, 6.45) is 7.76. The predicted octanol–water partition coefficient (Wildman–Crippen LogP) is 3.74. The van der Waals surface area contributed by atoms with Crippen molar-refractivity contribution in [1.82, 2.24) is 4.90 Å². The van der Waals surface area contributed by atoms with E-state index in [0.29, 0.717) is 30.2 Å². The highest BCUT2D eigenvalue weighted by Crippen LogP contribution is 2.50. The second kappa shape index (κ2) is 7.14. The molecule has 3 heterocycles. The number of benzene rings is 1. The summed E-state index contributed by atoms with van der Waals surface area (Å²) in [5.41, 5.74) is 2.05. The van der Waals surface area contributed by atoms with E-state index in [1.807, 2.05) is 12.1 Å². The van der Waals surface area contributed by atoms with Crippen LogP contribution in [0.25, 0.3) is 0 Å². The van der Waals surface area contributed by atoms with E-state index in [9.17, 15) is 13.2 Å². The van der Waals surface area contributed by atoms with Crippen molar-refractivity contribution in [3.8, 4) is 5.75 Å². The normalized spacial score (nSPS) is 35.1. The maximum Gasteiger partial charge on any atom is 0.306 e. The molecule has 1 N–H and O–H groups in total. The fraction of sp³-hybridized carbons (Fsp3) is 0.696. The zero-order chi connectivity index (χ0) is 21.2. The number of carbonyl (C=O) groups is 1. The highest BCUT2D eigenvalue weighted by atomic mass is 32.2. The summed E-state index contributed by atoms with van der Waals surface area (Å²) < 4.78 is 28.2. The molecule has 0 radical (unpaired) electrons. The van der Waals surface area contributed by atoms with Crippen LogP contribution in [0.15, 0.2) is 18.2 Å². The van der Waals surface area contributed by atoms with Crippen molar-refractivity contribution in [3.63, 3.8) is 0 Å². The van der Waals surface area contributed by atoms with Crippen molar-refractivity contribution in [1.29, 1.82) is 0 Å². The maximum absolute atomic E-state index is 13.4. The van der Waals surface area contributed by atoms with Gasteiger partial charge >= 0.3 is 10.1 Å². The molecule has 1 aromatic carbocycles. The zero-order valence-corrected chi connectivity index (χ0v) is 18.8. The third kappa shape index (κ3) is 3.59. The van der Waals surface area contributed by atoms with E-state index in [1.54, 1.807) is 6.07 Å². The molecule has 1 aromatic rings. The Balaban J connectivity index is 1.32. The number of hydrogen-bond acceptors (Lipinski definition) is 5. The molecule has 4 fully saturated rings.